The van der Waals surface area contributed by atoms with E-state index < -0.39 is 38.8 Å². The van der Waals surface area contributed by atoms with Crippen molar-refractivity contribution in [2.24, 2.45) is 4.40 Å². The van der Waals surface area contributed by atoms with Crippen molar-refractivity contribution < 1.29 is 22.7 Å². The van der Waals surface area contributed by atoms with Gasteiger partial charge in [-0.3, -0.25) is 4.90 Å². The molecule has 0 saturated carbocycles. The molecule has 0 aliphatic carbocycles. The van der Waals surface area contributed by atoms with Crippen molar-refractivity contribution in [1.29, 1.82) is 0 Å². The average molecular weight is 710 g/mol. The Hall–Kier alpha value is -2.40. The minimum Gasteiger partial charge on any atom is -0.382 e. The van der Waals surface area contributed by atoms with Crippen molar-refractivity contribution in [1.82, 2.24) is 4.90 Å². The van der Waals surface area contributed by atoms with E-state index in [0.717, 1.165) is 23.3 Å². The Balaban J connectivity index is 1.24. The molecule has 1 N–H and O–H groups in total. The fourth-order valence-corrected chi connectivity index (χ4v) is 7.98. The summed E-state index contributed by atoms with van der Waals surface area (Å²) in [6.07, 6.45) is -5.23. The van der Waals surface area contributed by atoms with Crippen LogP contribution >= 0.6 is 51.1 Å². The molecule has 43 heavy (non-hydrogen) atoms. The number of aliphatic hydroxyl groups is 1. The lowest BCUT2D eigenvalue weighted by atomic mass is 9.82. The van der Waals surface area contributed by atoms with Crippen LogP contribution in [0.3, 0.4) is 0 Å². The molecule has 3 nitrogen and oxygen atoms in total. The van der Waals surface area contributed by atoms with Gasteiger partial charge in [-0.1, -0.05) is 112 Å². The normalized spacial score (nSPS) is 20.3. The Morgan fingerprint density at radius 1 is 0.884 bits per heavy atom. The van der Waals surface area contributed by atoms with Crippen LogP contribution in [0.1, 0.15) is 40.3 Å². The Morgan fingerprint density at radius 3 is 1.95 bits per heavy atom. The molecule has 1 fully saturated rings. The summed E-state index contributed by atoms with van der Waals surface area (Å²) < 4.78 is 59.9. The molecule has 1 atom stereocenters. The summed E-state index contributed by atoms with van der Waals surface area (Å²) in [6.45, 7) is 0.721. The van der Waals surface area contributed by atoms with E-state index in [1.165, 1.54) is 0 Å². The van der Waals surface area contributed by atoms with Gasteiger partial charge in [0.15, 0.2) is 10.6 Å². The molecule has 0 spiro atoms. The quantitative estimate of drug-likeness (QED) is 0.123. The van der Waals surface area contributed by atoms with Crippen molar-refractivity contribution >= 4 is 56.8 Å². The molecule has 11 heteroatoms. The fourth-order valence-electron chi connectivity index (χ4n) is 5.78. The summed E-state index contributed by atoms with van der Waals surface area (Å²) in [4.78, 5) is 2.19. The summed E-state index contributed by atoms with van der Waals surface area (Å²) in [6, 6.07) is 27.1. The molecule has 0 radical (unpaired) electrons. The first kappa shape index (κ1) is 30.6. The lowest BCUT2D eigenvalue weighted by Gasteiger charge is -2.51. The fraction of sp³-hybridized carbons (Fsp3) is 0.219. The number of nitrogens with zero attached hydrogens (tertiary/aromatic N) is 2. The third-order valence-corrected chi connectivity index (χ3v) is 10.4. The van der Waals surface area contributed by atoms with Gasteiger partial charge in [0.1, 0.15) is 5.60 Å². The van der Waals surface area contributed by atoms with E-state index in [9.17, 15) is 22.7 Å². The zero-order valence-corrected chi connectivity index (χ0v) is 26.2. The lowest BCUT2D eigenvalue weighted by Crippen LogP contribution is -2.60. The maximum Gasteiger partial charge on any atom is 0.409 e. The maximum atomic E-state index is 14.5. The van der Waals surface area contributed by atoms with Gasteiger partial charge >= 0.3 is 6.18 Å². The van der Waals surface area contributed by atoms with E-state index in [0.29, 0.717) is 40.6 Å². The first-order chi connectivity index (χ1) is 20.4. The molecule has 1 unspecified atom stereocenters. The van der Waals surface area contributed by atoms with Crippen LogP contribution in [0, 0.1) is 5.82 Å². The topological polar surface area (TPSA) is 35.8 Å². The number of rotatable bonds is 6. The number of β-amino-alcohol motifs (C(OH)–C–C–N with tert-alkyl or cyclic N) is 1. The van der Waals surface area contributed by atoms with E-state index in [1.54, 1.807) is 18.2 Å². The number of hydrogen-bond acceptors (Lipinski definition) is 4. The molecular weight excluding hydrogens is 687 g/mol. The van der Waals surface area contributed by atoms with Gasteiger partial charge in [-0.15, -0.1) is 0 Å². The number of benzene rings is 4. The molecule has 0 aromatic heterocycles. The predicted octanol–water partition coefficient (Wildman–Crippen LogP) is 9.49. The van der Waals surface area contributed by atoms with E-state index in [2.05, 4.69) is 49.5 Å². The van der Waals surface area contributed by atoms with E-state index in [4.69, 9.17) is 23.2 Å². The second-order valence-electron chi connectivity index (χ2n) is 10.7. The summed E-state index contributed by atoms with van der Waals surface area (Å²) in [5.41, 5.74) is 2.10. The van der Waals surface area contributed by atoms with Crippen molar-refractivity contribution in [3.63, 3.8) is 0 Å². The molecule has 4 aromatic rings. The molecule has 6 rings (SSSR count). The van der Waals surface area contributed by atoms with Gasteiger partial charge in [0.05, 0.1) is 21.8 Å². The Bertz CT molecular complexity index is 1640. The number of halogens is 7. The molecule has 0 amide bonds. The van der Waals surface area contributed by atoms with Crippen LogP contribution in [0.15, 0.2) is 99.9 Å². The SMILES string of the molecule is OC1(c2ccc(C3=NSC(c4cc(Cl)c(F)c(Cl)c4)(C(F)(F)F)C3)cc2Br)CN(C(c2ccccc2)c2ccccc2)C1. The van der Waals surface area contributed by atoms with Gasteiger partial charge in [-0.2, -0.15) is 13.2 Å². The zero-order chi connectivity index (χ0) is 30.6. The van der Waals surface area contributed by atoms with Gasteiger partial charge in [0.2, 0.25) is 0 Å². The Morgan fingerprint density at radius 2 is 1.44 bits per heavy atom. The highest BCUT2D eigenvalue weighted by molar-refractivity contribution is 9.10. The van der Waals surface area contributed by atoms with E-state index in [-0.39, 0.29) is 17.3 Å². The van der Waals surface area contributed by atoms with Crippen LogP contribution in [0.5, 0.6) is 0 Å². The standard InChI is InChI=1S/C32H23BrCl2F4N2OS/c33-24-13-21(27-16-31(43-40-27,32(37,38)39)22-14-25(34)28(36)26(35)15-22)11-12-23(24)30(42)17-41(18-30)29(19-7-3-1-4-8-19)20-9-5-2-6-10-20/h1-15,29,42H,16-18H2. The predicted molar refractivity (Wildman–Crippen MR) is 167 cm³/mol. The highest BCUT2D eigenvalue weighted by Gasteiger charge is 2.60. The van der Waals surface area contributed by atoms with Crippen molar-refractivity contribution in [2.45, 2.75) is 29.0 Å². The summed E-state index contributed by atoms with van der Waals surface area (Å²) in [5.74, 6) is -0.973. The van der Waals surface area contributed by atoms with Crippen LogP contribution in [0.4, 0.5) is 17.6 Å². The maximum absolute atomic E-state index is 14.5. The minimum atomic E-state index is -4.73. The van der Waals surface area contributed by atoms with Gasteiger partial charge in [0.25, 0.3) is 0 Å². The first-order valence-electron chi connectivity index (χ1n) is 13.3. The molecule has 0 bridgehead atoms. The monoisotopic (exact) mass is 708 g/mol. The highest BCUT2D eigenvalue weighted by atomic mass is 79.9. The van der Waals surface area contributed by atoms with Gasteiger partial charge in [0, 0.05) is 29.5 Å². The van der Waals surface area contributed by atoms with Crippen LogP contribution in [0.25, 0.3) is 0 Å². The smallest absolute Gasteiger partial charge is 0.382 e. The molecule has 222 valence electrons. The number of hydrogen-bond donors (Lipinski definition) is 1. The van der Waals surface area contributed by atoms with Crippen LogP contribution < -0.4 is 0 Å². The van der Waals surface area contributed by atoms with Gasteiger partial charge in [-0.25, -0.2) is 8.79 Å². The molecule has 4 aromatic carbocycles. The summed E-state index contributed by atoms with van der Waals surface area (Å²) >= 11 is 15.6. The third-order valence-electron chi connectivity index (χ3n) is 7.96. The molecule has 2 aliphatic rings. The Kier molecular flexibility index (Phi) is 8.20. The molecular formula is C32H23BrCl2F4N2OS. The van der Waals surface area contributed by atoms with Gasteiger partial charge in [-0.05, 0) is 52.4 Å². The van der Waals surface area contributed by atoms with E-state index >= 15 is 0 Å². The number of likely N-dealkylation sites (tertiary alicyclic amines) is 1. The summed E-state index contributed by atoms with van der Waals surface area (Å²) in [7, 11) is 0. The third kappa shape index (κ3) is 5.53. The molecule has 1 saturated heterocycles. The lowest BCUT2D eigenvalue weighted by molar-refractivity contribution is -0.159. The highest BCUT2D eigenvalue weighted by Crippen LogP contribution is 2.57. The molecule has 2 heterocycles. The van der Waals surface area contributed by atoms with Gasteiger partial charge < -0.3 is 5.11 Å². The zero-order valence-electron chi connectivity index (χ0n) is 22.3. The first-order valence-corrected chi connectivity index (χ1v) is 15.6. The van der Waals surface area contributed by atoms with Crippen molar-refractivity contribution in [3.8, 4) is 0 Å². The molecule has 2 aliphatic heterocycles. The second-order valence-corrected chi connectivity index (χ2v) is 13.5. The van der Waals surface area contributed by atoms with Crippen LogP contribution in [-0.2, 0) is 10.3 Å². The largest absolute Gasteiger partial charge is 0.409 e. The average Bonchev–Trinajstić information content (AvgIpc) is 3.43. The van der Waals surface area contributed by atoms with Crippen LogP contribution in [-0.4, -0.2) is 35.0 Å². The summed E-state index contributed by atoms with van der Waals surface area (Å²) in [5, 5.41) is 10.7. The Labute approximate surface area is 268 Å². The van der Waals surface area contributed by atoms with E-state index in [1.807, 2.05) is 36.4 Å². The number of alkyl halides is 3. The van der Waals surface area contributed by atoms with Crippen molar-refractivity contribution in [2.75, 3.05) is 13.1 Å². The van der Waals surface area contributed by atoms with Crippen molar-refractivity contribution in [3.05, 3.63) is 139 Å². The van der Waals surface area contributed by atoms with Crippen LogP contribution in [0.2, 0.25) is 10.0 Å². The second kappa shape index (κ2) is 11.5. The minimum absolute atomic E-state index is 0.0467.